The van der Waals surface area contributed by atoms with Crippen LogP contribution in [0.15, 0.2) is 103 Å². The molecular formula is C43H46N2O7. The first-order chi connectivity index (χ1) is 25.2. The van der Waals surface area contributed by atoms with Crippen LogP contribution in [0.2, 0.25) is 0 Å². The predicted octanol–water partition coefficient (Wildman–Crippen LogP) is 7.85. The molecule has 1 aliphatic rings. The van der Waals surface area contributed by atoms with Crippen LogP contribution in [0.4, 0.5) is 5.82 Å². The Morgan fingerprint density at radius 3 is 2.29 bits per heavy atom. The van der Waals surface area contributed by atoms with Crippen molar-refractivity contribution in [3.05, 3.63) is 148 Å². The molecule has 2 heterocycles. The van der Waals surface area contributed by atoms with E-state index in [1.807, 2.05) is 84.9 Å². The van der Waals surface area contributed by atoms with Crippen molar-refractivity contribution in [1.29, 1.82) is 0 Å². The van der Waals surface area contributed by atoms with E-state index < -0.39 is 18.0 Å². The number of anilines is 1. The highest BCUT2D eigenvalue weighted by Crippen LogP contribution is 2.40. The summed E-state index contributed by atoms with van der Waals surface area (Å²) in [4.78, 5) is 19.8. The molecule has 9 nitrogen and oxygen atoms in total. The smallest absolute Gasteiger partial charge is 0.304 e. The molecule has 52 heavy (non-hydrogen) atoms. The molecular weight excluding hydrogens is 656 g/mol. The van der Waals surface area contributed by atoms with Gasteiger partial charge in [0.25, 0.3) is 0 Å². The number of aliphatic hydroxyl groups is 1. The summed E-state index contributed by atoms with van der Waals surface area (Å²) in [7, 11) is 3.23. The Hall–Kier alpha value is -5.38. The number of aromatic nitrogens is 1. The zero-order chi connectivity index (χ0) is 36.6. The van der Waals surface area contributed by atoms with Crippen LogP contribution in [-0.4, -0.2) is 48.0 Å². The average molecular weight is 703 g/mol. The number of benzene rings is 4. The summed E-state index contributed by atoms with van der Waals surface area (Å²) in [6.45, 7) is 5.95. The van der Waals surface area contributed by atoms with Gasteiger partial charge in [-0.3, -0.25) is 4.79 Å². The van der Waals surface area contributed by atoms with Crippen LogP contribution in [-0.2, 0) is 35.7 Å². The van der Waals surface area contributed by atoms with Gasteiger partial charge in [0.1, 0.15) is 29.2 Å². The molecule has 0 radical (unpaired) electrons. The molecule has 270 valence electrons. The lowest BCUT2D eigenvalue weighted by Gasteiger charge is -2.30. The fraction of sp³-hybridized carbons (Fsp3) is 0.302. The number of pyridine rings is 1. The van der Waals surface area contributed by atoms with Crippen molar-refractivity contribution < 1.29 is 34.0 Å². The lowest BCUT2D eigenvalue weighted by atomic mass is 9.84. The summed E-state index contributed by atoms with van der Waals surface area (Å²) < 4.78 is 22.9. The second-order valence-corrected chi connectivity index (χ2v) is 13.3. The number of carbonyl (C=O) groups is 1. The van der Waals surface area contributed by atoms with Gasteiger partial charge in [-0.05, 0) is 89.2 Å². The number of fused-ring (bicyclic) bond motifs is 1. The highest BCUT2D eigenvalue weighted by molar-refractivity contribution is 5.69. The lowest BCUT2D eigenvalue weighted by Crippen LogP contribution is -2.31. The largest absolute Gasteiger partial charge is 0.497 e. The highest BCUT2D eigenvalue weighted by Gasteiger charge is 2.29. The number of methoxy groups -OCH3 is 2. The molecule has 0 spiro atoms. The molecule has 2 N–H and O–H groups in total. The lowest BCUT2D eigenvalue weighted by molar-refractivity contribution is -0.137. The van der Waals surface area contributed by atoms with E-state index in [2.05, 4.69) is 30.9 Å². The van der Waals surface area contributed by atoms with Crippen LogP contribution < -0.4 is 19.1 Å². The van der Waals surface area contributed by atoms with Crippen LogP contribution in [0, 0.1) is 0 Å². The van der Waals surface area contributed by atoms with E-state index in [1.54, 1.807) is 20.3 Å². The maximum absolute atomic E-state index is 12.4. The van der Waals surface area contributed by atoms with Crippen molar-refractivity contribution in [2.24, 2.45) is 0 Å². The number of carboxylic acids is 1. The third-order valence-electron chi connectivity index (χ3n) is 9.52. The van der Waals surface area contributed by atoms with Gasteiger partial charge in [-0.15, -0.1) is 0 Å². The molecule has 0 unspecified atom stereocenters. The van der Waals surface area contributed by atoms with Crippen molar-refractivity contribution in [3.63, 3.8) is 0 Å². The third-order valence-corrected chi connectivity index (χ3v) is 9.52. The first kappa shape index (κ1) is 36.4. The molecule has 6 rings (SSSR count). The molecule has 1 aliphatic heterocycles. The van der Waals surface area contributed by atoms with Gasteiger partial charge in [-0.2, -0.15) is 0 Å². The van der Waals surface area contributed by atoms with Gasteiger partial charge in [0, 0.05) is 24.9 Å². The molecule has 0 saturated carbocycles. The zero-order valence-corrected chi connectivity index (χ0v) is 30.1. The molecule has 4 aromatic carbocycles. The van der Waals surface area contributed by atoms with E-state index in [1.165, 1.54) is 0 Å². The molecule has 0 aliphatic carbocycles. The van der Waals surface area contributed by atoms with Gasteiger partial charge in [-0.1, -0.05) is 66.7 Å². The molecule has 0 saturated heterocycles. The summed E-state index contributed by atoms with van der Waals surface area (Å²) in [5.74, 6) is 1.26. The van der Waals surface area contributed by atoms with E-state index in [4.69, 9.17) is 23.9 Å². The van der Waals surface area contributed by atoms with Crippen LogP contribution >= 0.6 is 0 Å². The summed E-state index contributed by atoms with van der Waals surface area (Å²) in [5.41, 5.74) is 6.30. The van der Waals surface area contributed by atoms with E-state index in [0.29, 0.717) is 48.1 Å². The summed E-state index contributed by atoms with van der Waals surface area (Å²) in [5, 5.41) is 22.6. The Bertz CT molecular complexity index is 1960. The standard InChI is InChI=1S/C43H46N2O7/c1-28(2)45(25-29-8-6-5-7-9-29)40-19-18-37(38(24-41(46)47)32-13-12-31-20-21-52-39(31)23-32)42(44-40)43(48)36-17-16-35(50-4)22-33(36)27-51-26-30-10-14-34(49-3)15-11-30/h5-19,22-23,28,38,43,48H,20-21,24-27H2,1-4H3,(H,46,47)/t38-,43-/m0/s1. The predicted molar refractivity (Wildman–Crippen MR) is 200 cm³/mol. The number of hydrogen-bond acceptors (Lipinski definition) is 8. The molecule has 9 heteroatoms. The van der Waals surface area contributed by atoms with Crippen LogP contribution in [0.3, 0.4) is 0 Å². The van der Waals surface area contributed by atoms with Gasteiger partial charge >= 0.3 is 5.97 Å². The summed E-state index contributed by atoms with van der Waals surface area (Å²) in [6.07, 6.45) is -0.599. The van der Waals surface area contributed by atoms with E-state index in [0.717, 1.165) is 45.7 Å². The normalized spacial score (nSPS) is 13.3. The minimum Gasteiger partial charge on any atom is -0.497 e. The number of ether oxygens (including phenoxy) is 4. The topological polar surface area (TPSA) is 111 Å². The van der Waals surface area contributed by atoms with Crippen molar-refractivity contribution in [2.75, 3.05) is 25.7 Å². The van der Waals surface area contributed by atoms with Crippen molar-refractivity contribution in [2.45, 2.75) is 64.5 Å². The Morgan fingerprint density at radius 2 is 1.58 bits per heavy atom. The van der Waals surface area contributed by atoms with Crippen molar-refractivity contribution in [3.8, 4) is 17.2 Å². The fourth-order valence-corrected chi connectivity index (χ4v) is 6.69. The van der Waals surface area contributed by atoms with Crippen LogP contribution in [0.1, 0.15) is 76.9 Å². The van der Waals surface area contributed by atoms with Gasteiger partial charge in [0.15, 0.2) is 0 Å². The Morgan fingerprint density at radius 1 is 0.846 bits per heavy atom. The molecule has 5 aromatic rings. The highest BCUT2D eigenvalue weighted by atomic mass is 16.5. The second kappa shape index (κ2) is 16.8. The van der Waals surface area contributed by atoms with Gasteiger partial charge in [-0.25, -0.2) is 4.98 Å². The zero-order valence-electron chi connectivity index (χ0n) is 30.1. The minimum atomic E-state index is -1.21. The maximum atomic E-state index is 12.4. The van der Waals surface area contributed by atoms with Crippen molar-refractivity contribution >= 4 is 11.8 Å². The SMILES string of the molecule is COc1ccc(COCc2cc(OC)ccc2[C@H](O)c2nc(N(Cc3ccccc3)C(C)C)ccc2[C@@H](CC(=O)O)c2ccc3c(c2)OCC3)cc1. The van der Waals surface area contributed by atoms with Gasteiger partial charge in [0.2, 0.25) is 0 Å². The Labute approximate surface area is 305 Å². The molecule has 1 aromatic heterocycles. The molecule has 2 atom stereocenters. The van der Waals surface area contributed by atoms with Gasteiger partial charge in [0.05, 0.1) is 46.2 Å². The Balaban J connectivity index is 1.43. The molecule has 0 fully saturated rings. The number of aliphatic hydroxyl groups excluding tert-OH is 1. The number of carboxylic acid groups (broad SMARTS) is 1. The molecule has 0 bridgehead atoms. The number of nitrogens with zero attached hydrogens (tertiary/aromatic N) is 2. The minimum absolute atomic E-state index is 0.0788. The number of aliphatic carboxylic acids is 1. The third kappa shape index (κ3) is 8.55. The van der Waals surface area contributed by atoms with E-state index >= 15 is 0 Å². The average Bonchev–Trinajstić information content (AvgIpc) is 3.64. The summed E-state index contributed by atoms with van der Waals surface area (Å²) in [6, 6.07) is 33.2. The monoisotopic (exact) mass is 702 g/mol. The fourth-order valence-electron chi connectivity index (χ4n) is 6.69. The second-order valence-electron chi connectivity index (χ2n) is 13.3. The van der Waals surface area contributed by atoms with E-state index in [9.17, 15) is 15.0 Å². The Kier molecular flexibility index (Phi) is 11.7. The first-order valence-electron chi connectivity index (χ1n) is 17.6. The first-order valence-corrected chi connectivity index (χ1v) is 17.6. The summed E-state index contributed by atoms with van der Waals surface area (Å²) >= 11 is 0. The quantitative estimate of drug-likeness (QED) is 0.106. The van der Waals surface area contributed by atoms with Crippen LogP contribution in [0.25, 0.3) is 0 Å². The maximum Gasteiger partial charge on any atom is 0.304 e. The van der Waals surface area contributed by atoms with Gasteiger partial charge < -0.3 is 34.1 Å². The molecule has 0 amide bonds. The number of hydrogen-bond donors (Lipinski definition) is 2. The van der Waals surface area contributed by atoms with Crippen LogP contribution in [0.5, 0.6) is 17.2 Å². The van der Waals surface area contributed by atoms with Crippen molar-refractivity contribution in [1.82, 2.24) is 4.98 Å². The number of rotatable bonds is 16. The van der Waals surface area contributed by atoms with E-state index in [-0.39, 0.29) is 19.1 Å².